The van der Waals surface area contributed by atoms with Crippen molar-refractivity contribution in [2.24, 2.45) is 0 Å². The van der Waals surface area contributed by atoms with Crippen molar-refractivity contribution in [2.75, 3.05) is 6.61 Å². The fourth-order valence-corrected chi connectivity index (χ4v) is 2.85. The van der Waals surface area contributed by atoms with Gasteiger partial charge in [-0.3, -0.25) is 0 Å². The molecule has 0 aliphatic rings. The van der Waals surface area contributed by atoms with Crippen molar-refractivity contribution in [2.45, 2.75) is 12.6 Å². The molecule has 0 bridgehead atoms. The SMILES string of the molecule is O[C@H](COc1cccc2[nH]ccc12)Cn1cnc2cc(F)c(F)cc21. The van der Waals surface area contributed by atoms with E-state index in [2.05, 4.69) is 9.97 Å². The van der Waals surface area contributed by atoms with Crippen molar-refractivity contribution in [3.63, 3.8) is 0 Å². The summed E-state index contributed by atoms with van der Waals surface area (Å²) in [5, 5.41) is 11.2. The van der Waals surface area contributed by atoms with Gasteiger partial charge in [0.05, 0.1) is 23.9 Å². The zero-order chi connectivity index (χ0) is 17.4. The van der Waals surface area contributed by atoms with E-state index in [0.717, 1.165) is 23.0 Å². The number of benzene rings is 2. The van der Waals surface area contributed by atoms with Crippen LogP contribution in [-0.4, -0.2) is 32.4 Å². The first-order valence-corrected chi connectivity index (χ1v) is 7.78. The zero-order valence-corrected chi connectivity index (χ0v) is 13.1. The second-order valence-corrected chi connectivity index (χ2v) is 5.81. The van der Waals surface area contributed by atoms with Crippen LogP contribution < -0.4 is 4.74 Å². The fraction of sp³-hybridized carbons (Fsp3) is 0.167. The van der Waals surface area contributed by atoms with Gasteiger partial charge in [-0.25, -0.2) is 13.8 Å². The molecule has 0 unspecified atom stereocenters. The number of nitrogens with one attached hydrogen (secondary N) is 1. The first kappa shape index (κ1) is 15.6. The van der Waals surface area contributed by atoms with Gasteiger partial charge in [0.25, 0.3) is 0 Å². The van der Waals surface area contributed by atoms with Gasteiger partial charge in [-0.2, -0.15) is 0 Å². The summed E-state index contributed by atoms with van der Waals surface area (Å²) in [7, 11) is 0. The highest BCUT2D eigenvalue weighted by Crippen LogP contribution is 2.24. The van der Waals surface area contributed by atoms with Gasteiger partial charge < -0.3 is 19.4 Å². The van der Waals surface area contributed by atoms with Crippen LogP contribution >= 0.6 is 0 Å². The zero-order valence-electron chi connectivity index (χ0n) is 13.1. The molecule has 25 heavy (non-hydrogen) atoms. The molecule has 0 spiro atoms. The summed E-state index contributed by atoms with van der Waals surface area (Å²) in [4.78, 5) is 7.12. The van der Waals surface area contributed by atoms with E-state index in [1.165, 1.54) is 6.33 Å². The Morgan fingerprint density at radius 1 is 1.20 bits per heavy atom. The molecule has 2 heterocycles. The van der Waals surface area contributed by atoms with Gasteiger partial charge in [0, 0.05) is 29.2 Å². The number of aromatic nitrogens is 3. The number of nitrogens with zero attached hydrogens (tertiary/aromatic N) is 2. The molecule has 4 rings (SSSR count). The van der Waals surface area contributed by atoms with Gasteiger partial charge in [-0.05, 0) is 18.2 Å². The summed E-state index contributed by atoms with van der Waals surface area (Å²) < 4.78 is 33.9. The Kier molecular flexibility index (Phi) is 3.85. The minimum absolute atomic E-state index is 0.0631. The van der Waals surface area contributed by atoms with Gasteiger partial charge in [0.2, 0.25) is 0 Å². The van der Waals surface area contributed by atoms with Gasteiger partial charge in [-0.1, -0.05) is 6.07 Å². The molecule has 7 heteroatoms. The normalized spacial score (nSPS) is 12.8. The highest BCUT2D eigenvalue weighted by Gasteiger charge is 2.13. The molecule has 2 N–H and O–H groups in total. The summed E-state index contributed by atoms with van der Waals surface area (Å²) in [6, 6.07) is 9.64. The third-order valence-corrected chi connectivity index (χ3v) is 4.06. The van der Waals surface area contributed by atoms with Crippen molar-refractivity contribution in [1.29, 1.82) is 0 Å². The number of ether oxygens (including phenoxy) is 1. The van der Waals surface area contributed by atoms with Crippen LogP contribution in [0.2, 0.25) is 0 Å². The maximum absolute atomic E-state index is 13.4. The number of H-pyrrole nitrogens is 1. The summed E-state index contributed by atoms with van der Waals surface area (Å²) in [6.45, 7) is 0.221. The molecular weight excluding hydrogens is 328 g/mol. The number of halogens is 2. The molecule has 2 aromatic heterocycles. The van der Waals surface area contributed by atoms with E-state index in [0.29, 0.717) is 16.8 Å². The molecule has 128 valence electrons. The molecule has 2 aromatic carbocycles. The third kappa shape index (κ3) is 2.94. The van der Waals surface area contributed by atoms with E-state index in [9.17, 15) is 13.9 Å². The lowest BCUT2D eigenvalue weighted by Gasteiger charge is -2.14. The van der Waals surface area contributed by atoms with Crippen molar-refractivity contribution in [3.05, 3.63) is 60.6 Å². The van der Waals surface area contributed by atoms with Crippen LogP contribution in [0.1, 0.15) is 0 Å². The van der Waals surface area contributed by atoms with Crippen LogP contribution in [0.15, 0.2) is 48.9 Å². The monoisotopic (exact) mass is 343 g/mol. The lowest BCUT2D eigenvalue weighted by atomic mass is 10.2. The number of fused-ring (bicyclic) bond motifs is 2. The van der Waals surface area contributed by atoms with Crippen LogP contribution in [0.4, 0.5) is 8.78 Å². The number of aliphatic hydroxyl groups is 1. The average molecular weight is 343 g/mol. The molecule has 1 atom stereocenters. The largest absolute Gasteiger partial charge is 0.490 e. The highest BCUT2D eigenvalue weighted by molar-refractivity contribution is 5.85. The van der Waals surface area contributed by atoms with Crippen LogP contribution in [0.5, 0.6) is 5.75 Å². The quantitative estimate of drug-likeness (QED) is 0.585. The van der Waals surface area contributed by atoms with Gasteiger partial charge >= 0.3 is 0 Å². The molecule has 0 radical (unpaired) electrons. The lowest BCUT2D eigenvalue weighted by molar-refractivity contribution is 0.0941. The van der Waals surface area contributed by atoms with Gasteiger partial charge in [0.1, 0.15) is 18.5 Å². The fourth-order valence-electron chi connectivity index (χ4n) is 2.85. The Bertz CT molecular complexity index is 1040. The van der Waals surface area contributed by atoms with E-state index in [-0.39, 0.29) is 13.2 Å². The van der Waals surface area contributed by atoms with Crippen molar-refractivity contribution in [3.8, 4) is 5.75 Å². The molecule has 0 aliphatic carbocycles. The minimum Gasteiger partial charge on any atom is -0.490 e. The number of imidazole rings is 1. The Hall–Kier alpha value is -2.93. The molecular formula is C18H15F2N3O2. The van der Waals surface area contributed by atoms with Crippen LogP contribution in [-0.2, 0) is 6.54 Å². The Balaban J connectivity index is 1.48. The average Bonchev–Trinajstić information content (AvgIpc) is 3.21. The standard InChI is InChI=1S/C18H15F2N3O2/c19-13-6-16-17(7-14(13)20)23(10-22-16)8-11(24)9-25-18-3-1-2-15-12(18)4-5-21-15/h1-7,10-11,21,24H,8-9H2/t11-/m0/s1. The molecule has 4 aromatic rings. The molecule has 5 nitrogen and oxygen atoms in total. The van der Waals surface area contributed by atoms with Crippen molar-refractivity contribution < 1.29 is 18.6 Å². The Labute approximate surface area is 141 Å². The smallest absolute Gasteiger partial charge is 0.161 e. The molecule has 0 fully saturated rings. The topological polar surface area (TPSA) is 63.1 Å². The number of hydrogen-bond donors (Lipinski definition) is 2. The molecule has 0 saturated heterocycles. The summed E-state index contributed by atoms with van der Waals surface area (Å²) in [5.74, 6) is -1.22. The number of hydrogen-bond acceptors (Lipinski definition) is 3. The number of aliphatic hydroxyl groups excluding tert-OH is 1. The number of rotatable bonds is 5. The molecule has 0 saturated carbocycles. The predicted octanol–water partition coefficient (Wildman–Crippen LogP) is 3.24. The van der Waals surface area contributed by atoms with Crippen LogP contribution in [0.25, 0.3) is 21.9 Å². The molecule has 0 amide bonds. The Morgan fingerprint density at radius 3 is 2.92 bits per heavy atom. The second-order valence-electron chi connectivity index (χ2n) is 5.81. The summed E-state index contributed by atoms with van der Waals surface area (Å²) in [5.41, 5.74) is 1.71. The van der Waals surface area contributed by atoms with Crippen LogP contribution in [0.3, 0.4) is 0 Å². The van der Waals surface area contributed by atoms with E-state index >= 15 is 0 Å². The predicted molar refractivity (Wildman–Crippen MR) is 89.4 cm³/mol. The van der Waals surface area contributed by atoms with Crippen molar-refractivity contribution in [1.82, 2.24) is 14.5 Å². The first-order chi connectivity index (χ1) is 12.1. The van der Waals surface area contributed by atoms with Gasteiger partial charge in [-0.15, -0.1) is 0 Å². The lowest BCUT2D eigenvalue weighted by Crippen LogP contribution is -2.23. The Morgan fingerprint density at radius 2 is 2.04 bits per heavy atom. The van der Waals surface area contributed by atoms with E-state index in [4.69, 9.17) is 4.74 Å². The first-order valence-electron chi connectivity index (χ1n) is 7.78. The summed E-state index contributed by atoms with van der Waals surface area (Å²) in [6.07, 6.45) is 2.43. The second kappa shape index (κ2) is 6.18. The maximum Gasteiger partial charge on any atom is 0.161 e. The van der Waals surface area contributed by atoms with Gasteiger partial charge in [0.15, 0.2) is 11.6 Å². The van der Waals surface area contributed by atoms with Crippen molar-refractivity contribution >= 4 is 21.9 Å². The van der Waals surface area contributed by atoms with E-state index < -0.39 is 17.7 Å². The van der Waals surface area contributed by atoms with E-state index in [1.54, 1.807) is 4.57 Å². The van der Waals surface area contributed by atoms with E-state index in [1.807, 2.05) is 30.5 Å². The van der Waals surface area contributed by atoms with Crippen LogP contribution in [0, 0.1) is 11.6 Å². The third-order valence-electron chi connectivity index (χ3n) is 4.06. The number of aromatic amines is 1. The molecule has 0 aliphatic heterocycles. The maximum atomic E-state index is 13.4. The highest BCUT2D eigenvalue weighted by atomic mass is 19.2. The summed E-state index contributed by atoms with van der Waals surface area (Å²) >= 11 is 0. The minimum atomic E-state index is -0.945.